The van der Waals surface area contributed by atoms with E-state index in [-0.39, 0.29) is 5.91 Å². The first-order chi connectivity index (χ1) is 14.3. The average Bonchev–Trinajstić information content (AvgIpc) is 2.71. The zero-order valence-electron chi connectivity index (χ0n) is 18.5. The van der Waals surface area contributed by atoms with E-state index in [0.717, 1.165) is 48.4 Å². The van der Waals surface area contributed by atoms with Gasteiger partial charge in [0.25, 0.3) is 0 Å². The highest BCUT2D eigenvalue weighted by Crippen LogP contribution is 2.40. The van der Waals surface area contributed by atoms with Gasteiger partial charge in [-0.05, 0) is 35.7 Å². The van der Waals surface area contributed by atoms with Crippen molar-refractivity contribution in [2.45, 2.75) is 78.4 Å². The van der Waals surface area contributed by atoms with Crippen molar-refractivity contribution in [2.75, 3.05) is 0 Å². The standard InChI is InChI=1S/C21H30NO5P.C2H6/c1-3-4-5-6-7-12-20(23)22-21(16(2)27-28(24,25)26)19-14-13-17-10-8-9-11-18(17)15-19;1-2/h8-11,13-16,21H,3-7,12H2,1-2H3,(H,22,23)(H2,24,25,26);1-2H3. The molecule has 3 N–H and O–H groups in total. The number of nitrogens with one attached hydrogen (secondary N) is 1. The summed E-state index contributed by atoms with van der Waals surface area (Å²) >= 11 is 0. The second-order valence-corrected chi connectivity index (χ2v) is 8.31. The highest BCUT2D eigenvalue weighted by Gasteiger charge is 2.28. The Morgan fingerprint density at radius 2 is 1.67 bits per heavy atom. The Morgan fingerprint density at radius 1 is 1.03 bits per heavy atom. The molecule has 2 atom stereocenters. The predicted molar refractivity (Wildman–Crippen MR) is 122 cm³/mol. The van der Waals surface area contributed by atoms with Crippen molar-refractivity contribution in [1.82, 2.24) is 5.32 Å². The van der Waals surface area contributed by atoms with Gasteiger partial charge in [-0.25, -0.2) is 4.57 Å². The molecule has 30 heavy (non-hydrogen) atoms. The maximum atomic E-state index is 12.4. The van der Waals surface area contributed by atoms with E-state index >= 15 is 0 Å². The maximum absolute atomic E-state index is 12.4. The largest absolute Gasteiger partial charge is 0.469 e. The number of carbonyl (C=O) groups excluding carboxylic acids is 1. The molecule has 0 saturated heterocycles. The van der Waals surface area contributed by atoms with E-state index in [1.165, 1.54) is 0 Å². The molecule has 2 unspecified atom stereocenters. The molecule has 0 bridgehead atoms. The fourth-order valence-corrected chi connectivity index (χ4v) is 3.84. The molecule has 168 valence electrons. The third-order valence-corrected chi connectivity index (χ3v) is 5.34. The van der Waals surface area contributed by atoms with Crippen LogP contribution < -0.4 is 5.32 Å². The van der Waals surface area contributed by atoms with E-state index in [1.54, 1.807) is 6.92 Å². The molecule has 0 radical (unpaired) electrons. The second-order valence-electron chi connectivity index (χ2n) is 7.12. The van der Waals surface area contributed by atoms with Gasteiger partial charge in [-0.1, -0.05) is 82.9 Å². The minimum atomic E-state index is -4.67. The molecule has 0 heterocycles. The van der Waals surface area contributed by atoms with Crippen LogP contribution in [-0.4, -0.2) is 21.8 Å². The zero-order valence-corrected chi connectivity index (χ0v) is 19.4. The summed E-state index contributed by atoms with van der Waals surface area (Å²) in [4.78, 5) is 30.8. The van der Waals surface area contributed by atoms with Crippen LogP contribution in [0.25, 0.3) is 10.8 Å². The molecule has 2 aromatic carbocycles. The number of rotatable bonds is 11. The van der Waals surface area contributed by atoms with E-state index in [0.29, 0.717) is 6.42 Å². The third kappa shape index (κ3) is 9.40. The van der Waals surface area contributed by atoms with Crippen LogP contribution in [0.2, 0.25) is 0 Å². The number of fused-ring (bicyclic) bond motifs is 1. The monoisotopic (exact) mass is 437 g/mol. The number of benzene rings is 2. The molecule has 0 aliphatic rings. The van der Waals surface area contributed by atoms with E-state index in [2.05, 4.69) is 12.2 Å². The molecular weight excluding hydrogens is 401 g/mol. The minimum absolute atomic E-state index is 0.143. The van der Waals surface area contributed by atoms with Crippen molar-refractivity contribution in [2.24, 2.45) is 0 Å². The normalized spacial score (nSPS) is 13.3. The fourth-order valence-electron chi connectivity index (χ4n) is 3.29. The predicted octanol–water partition coefficient (Wildman–Crippen LogP) is 5.88. The lowest BCUT2D eigenvalue weighted by atomic mass is 9.98. The van der Waals surface area contributed by atoms with Crippen molar-refractivity contribution in [3.8, 4) is 0 Å². The lowest BCUT2D eigenvalue weighted by Crippen LogP contribution is -2.35. The van der Waals surface area contributed by atoms with Crippen molar-refractivity contribution >= 4 is 24.5 Å². The Labute approximate surface area is 180 Å². The number of hydrogen-bond donors (Lipinski definition) is 3. The minimum Gasteiger partial charge on any atom is -0.347 e. The summed E-state index contributed by atoms with van der Waals surface area (Å²) in [6, 6.07) is 12.9. The summed E-state index contributed by atoms with van der Waals surface area (Å²) in [6.45, 7) is 7.70. The summed E-state index contributed by atoms with van der Waals surface area (Å²) in [5.41, 5.74) is 0.749. The average molecular weight is 438 g/mol. The lowest BCUT2D eigenvalue weighted by molar-refractivity contribution is -0.122. The molecule has 2 aromatic rings. The number of amides is 1. The molecule has 0 aromatic heterocycles. The van der Waals surface area contributed by atoms with Crippen LogP contribution >= 0.6 is 7.82 Å². The van der Waals surface area contributed by atoms with Gasteiger partial charge in [0.05, 0.1) is 12.1 Å². The van der Waals surface area contributed by atoms with E-state index in [9.17, 15) is 19.1 Å². The van der Waals surface area contributed by atoms with Crippen LogP contribution in [0.1, 0.15) is 77.8 Å². The smallest absolute Gasteiger partial charge is 0.347 e. The van der Waals surface area contributed by atoms with Gasteiger partial charge >= 0.3 is 7.82 Å². The number of phosphoric acid groups is 1. The van der Waals surface area contributed by atoms with Gasteiger partial charge in [-0.3, -0.25) is 9.32 Å². The maximum Gasteiger partial charge on any atom is 0.469 e. The van der Waals surface area contributed by atoms with Crippen molar-refractivity contribution in [1.29, 1.82) is 0 Å². The molecule has 1 amide bonds. The van der Waals surface area contributed by atoms with Gasteiger partial charge in [0.1, 0.15) is 0 Å². The first kappa shape index (κ1) is 26.3. The topological polar surface area (TPSA) is 95.9 Å². The molecule has 7 heteroatoms. The highest BCUT2D eigenvalue weighted by atomic mass is 31.2. The van der Waals surface area contributed by atoms with Crippen molar-refractivity contribution in [3.63, 3.8) is 0 Å². The Balaban J connectivity index is 0.00000218. The molecular formula is C23H36NO5P. The van der Waals surface area contributed by atoms with Crippen molar-refractivity contribution in [3.05, 3.63) is 48.0 Å². The summed E-state index contributed by atoms with van der Waals surface area (Å²) in [6.07, 6.45) is 4.71. The molecule has 2 rings (SSSR count). The van der Waals surface area contributed by atoms with Crippen LogP contribution in [0, 0.1) is 0 Å². The first-order valence-corrected chi connectivity index (χ1v) is 12.3. The van der Waals surface area contributed by atoms with Crippen molar-refractivity contribution < 1.29 is 23.7 Å². The quantitative estimate of drug-likeness (QED) is 0.301. The molecule has 0 aliphatic heterocycles. The van der Waals surface area contributed by atoms with Gasteiger partial charge in [-0.2, -0.15) is 0 Å². The zero-order chi connectivity index (χ0) is 22.6. The fraction of sp³-hybridized carbons (Fsp3) is 0.522. The number of phosphoric ester groups is 1. The Bertz CT molecular complexity index is 820. The molecule has 0 spiro atoms. The third-order valence-electron chi connectivity index (χ3n) is 4.73. The van der Waals surface area contributed by atoms with Gasteiger partial charge < -0.3 is 15.1 Å². The Kier molecular flexibility index (Phi) is 11.9. The summed E-state index contributed by atoms with van der Waals surface area (Å²) in [7, 11) is -4.67. The number of unbranched alkanes of at least 4 members (excludes halogenated alkanes) is 4. The van der Waals surface area contributed by atoms with Crippen LogP contribution in [0.5, 0.6) is 0 Å². The molecule has 0 aliphatic carbocycles. The number of carbonyl (C=O) groups is 1. The molecule has 6 nitrogen and oxygen atoms in total. The van der Waals surface area contributed by atoms with Crippen LogP contribution in [-0.2, 0) is 13.9 Å². The molecule has 0 fully saturated rings. The van der Waals surface area contributed by atoms with Crippen LogP contribution in [0.3, 0.4) is 0 Å². The number of hydrogen-bond acceptors (Lipinski definition) is 3. The van der Waals surface area contributed by atoms with E-state index in [1.807, 2.05) is 56.3 Å². The summed E-state index contributed by atoms with van der Waals surface area (Å²) < 4.78 is 16.2. The SMILES string of the molecule is CC.CCCCCCCC(=O)NC(c1ccc2ccccc2c1)C(C)OP(=O)(O)O. The van der Waals surface area contributed by atoms with E-state index < -0.39 is 20.0 Å². The van der Waals surface area contributed by atoms with Gasteiger partial charge in [0, 0.05) is 6.42 Å². The van der Waals surface area contributed by atoms with Gasteiger partial charge in [0.2, 0.25) is 5.91 Å². The van der Waals surface area contributed by atoms with Crippen LogP contribution in [0.4, 0.5) is 0 Å². The molecule has 0 saturated carbocycles. The Morgan fingerprint density at radius 3 is 2.30 bits per heavy atom. The van der Waals surface area contributed by atoms with Gasteiger partial charge in [0.15, 0.2) is 0 Å². The summed E-state index contributed by atoms with van der Waals surface area (Å²) in [5.74, 6) is -0.143. The Hall–Kier alpha value is -1.72. The first-order valence-electron chi connectivity index (χ1n) is 10.8. The van der Waals surface area contributed by atoms with Gasteiger partial charge in [-0.15, -0.1) is 0 Å². The van der Waals surface area contributed by atoms with Crippen LogP contribution in [0.15, 0.2) is 42.5 Å². The highest BCUT2D eigenvalue weighted by molar-refractivity contribution is 7.46. The lowest BCUT2D eigenvalue weighted by Gasteiger charge is -2.26. The second kappa shape index (κ2) is 13.6. The summed E-state index contributed by atoms with van der Waals surface area (Å²) in [5, 5.41) is 4.94. The van der Waals surface area contributed by atoms with E-state index in [4.69, 9.17) is 4.52 Å².